The number of rotatable bonds is 1. The Hall–Kier alpha value is -1.99. The minimum absolute atomic E-state index is 0.105. The van der Waals surface area contributed by atoms with Crippen LogP contribution in [0, 0.1) is 0 Å². The molecule has 0 aliphatic heterocycles. The quantitative estimate of drug-likeness (QED) is 0.518. The van der Waals surface area contributed by atoms with Gasteiger partial charge in [-0.05, 0) is 6.07 Å². The highest BCUT2D eigenvalue weighted by atomic mass is 19.4. The normalized spacial score (nSPS) is 11.1. The molecule has 1 amide bonds. The van der Waals surface area contributed by atoms with Crippen molar-refractivity contribution < 1.29 is 33.0 Å². The van der Waals surface area contributed by atoms with Crippen molar-refractivity contribution >= 4 is 11.8 Å². The summed E-state index contributed by atoms with van der Waals surface area (Å²) >= 11 is 0. The summed E-state index contributed by atoms with van der Waals surface area (Å²) in [4.78, 5) is 10.0. The van der Waals surface area contributed by atoms with Gasteiger partial charge in [0.25, 0.3) is 0 Å². The van der Waals surface area contributed by atoms with Gasteiger partial charge in [0.2, 0.25) is 12.4 Å². The van der Waals surface area contributed by atoms with Gasteiger partial charge in [-0.15, -0.1) is 0 Å². The van der Waals surface area contributed by atoms with Gasteiger partial charge in [-0.1, -0.05) is 0 Å². The van der Waals surface area contributed by atoms with E-state index in [1.54, 1.807) is 5.32 Å². The Morgan fingerprint density at radius 2 is 2.07 bits per heavy atom. The first-order valence-electron chi connectivity index (χ1n) is 3.60. The maximum Gasteiger partial charge on any atom is 0.422 e. The fourth-order valence-electron chi connectivity index (χ4n) is 0.906. The first-order valence-corrected chi connectivity index (χ1v) is 3.60. The summed E-state index contributed by atoms with van der Waals surface area (Å²) < 4.78 is 36.6. The van der Waals surface area contributed by atoms with E-state index in [9.17, 15) is 23.1 Å². The van der Waals surface area contributed by atoms with Crippen LogP contribution >= 0.6 is 0 Å². The summed E-state index contributed by atoms with van der Waals surface area (Å²) in [5.41, 5.74) is -1.62. The molecule has 0 fully saturated rings. The molecular weight excluding hydrogens is 217 g/mol. The molecule has 0 unspecified atom stereocenters. The zero-order valence-corrected chi connectivity index (χ0v) is 7.08. The molecule has 0 aliphatic rings. The summed E-state index contributed by atoms with van der Waals surface area (Å²) in [7, 11) is 0. The number of halogens is 3. The summed E-state index contributed by atoms with van der Waals surface area (Å²) in [5.74, 6) is 0. The van der Waals surface area contributed by atoms with Gasteiger partial charge in [-0.25, -0.2) is 0 Å². The molecule has 0 saturated carbocycles. The van der Waals surface area contributed by atoms with Crippen LogP contribution in [0.25, 0.3) is 0 Å². The van der Waals surface area contributed by atoms with Gasteiger partial charge >= 0.3 is 6.18 Å². The van der Waals surface area contributed by atoms with E-state index in [0.717, 1.165) is 6.20 Å². The smallest absolute Gasteiger partial charge is 0.422 e. The Kier molecular flexibility index (Phi) is 2.69. The maximum atomic E-state index is 12.2. The van der Waals surface area contributed by atoms with Gasteiger partial charge in [0.15, 0.2) is 0 Å². The van der Waals surface area contributed by atoms with E-state index in [0.29, 0.717) is 12.3 Å². The van der Waals surface area contributed by atoms with Crippen molar-refractivity contribution in [3.05, 3.63) is 24.0 Å². The van der Waals surface area contributed by atoms with E-state index in [-0.39, 0.29) is 4.73 Å². The van der Waals surface area contributed by atoms with Gasteiger partial charge in [-0.2, -0.15) is 13.2 Å². The van der Waals surface area contributed by atoms with Crippen molar-refractivity contribution in [2.75, 3.05) is 5.32 Å². The fraction of sp³-hybridized carbons (Fsp3) is 0.143. The number of carbonyl (C=O) groups is 1. The molecule has 5 nitrogen and oxygen atoms in total. The molecule has 0 radical (unpaired) electrons. The van der Waals surface area contributed by atoms with Gasteiger partial charge < -0.3 is 15.2 Å². The second kappa shape index (κ2) is 3.64. The number of hydrogen-bond acceptors (Lipinski definition) is 3. The van der Waals surface area contributed by atoms with Crippen LogP contribution in [0.2, 0.25) is 0 Å². The molecule has 0 atom stereocenters. The van der Waals surface area contributed by atoms with E-state index in [1.807, 2.05) is 0 Å². The lowest BCUT2D eigenvalue weighted by atomic mass is 10.2. The molecule has 82 valence electrons. The summed E-state index contributed by atoms with van der Waals surface area (Å²) in [6.45, 7) is 0. The number of nitrogens with one attached hydrogen (secondary N) is 1. The van der Waals surface area contributed by atoms with Crippen molar-refractivity contribution in [2.24, 2.45) is 0 Å². The molecule has 15 heavy (non-hydrogen) atoms. The highest BCUT2D eigenvalue weighted by Gasteiger charge is 2.34. The van der Waals surface area contributed by atoms with E-state index >= 15 is 0 Å². The Balaban J connectivity index is 3.11. The predicted molar refractivity (Wildman–Crippen MR) is 37.8 cm³/mol. The average Bonchev–Trinajstić information content (AvgIpc) is 1.99. The second-order valence-electron chi connectivity index (χ2n) is 2.60. The van der Waals surface area contributed by atoms with E-state index in [2.05, 4.69) is 0 Å². The maximum absolute atomic E-state index is 12.2. The van der Waals surface area contributed by atoms with Crippen LogP contribution in [0.5, 0.6) is 0 Å². The lowest BCUT2D eigenvalue weighted by molar-refractivity contribution is -0.904. The van der Waals surface area contributed by atoms with Crippen molar-refractivity contribution in [2.45, 2.75) is 6.18 Å². The van der Waals surface area contributed by atoms with Crippen molar-refractivity contribution in [1.82, 2.24) is 0 Å². The predicted octanol–water partition coefficient (Wildman–Crippen LogP) is -0.0146. The highest BCUT2D eigenvalue weighted by Crippen LogP contribution is 2.29. The molecular formula is C7H5F3N2O3. The summed E-state index contributed by atoms with van der Waals surface area (Å²) in [6.07, 6.45) is -5.28. The van der Waals surface area contributed by atoms with Crippen LogP contribution in [0.15, 0.2) is 18.5 Å². The Morgan fingerprint density at radius 3 is 2.53 bits per heavy atom. The molecule has 1 aromatic rings. The van der Waals surface area contributed by atoms with Crippen LogP contribution in [-0.4, -0.2) is 11.3 Å². The lowest BCUT2D eigenvalue weighted by Gasteiger charge is -2.07. The monoisotopic (exact) mass is 222 g/mol. The van der Waals surface area contributed by atoms with Crippen LogP contribution in [0.1, 0.15) is 5.56 Å². The highest BCUT2D eigenvalue weighted by molar-refractivity contribution is 5.80. The van der Waals surface area contributed by atoms with Crippen molar-refractivity contribution in [1.29, 1.82) is 0 Å². The first kappa shape index (κ1) is 11.1. The minimum atomic E-state index is -4.67. The molecule has 0 aliphatic carbocycles. The Labute approximate surface area is 81.3 Å². The fourth-order valence-corrected chi connectivity index (χ4v) is 0.906. The molecule has 2 N–H and O–H groups in total. The third kappa shape index (κ3) is 3.01. The molecule has 0 spiro atoms. The van der Waals surface area contributed by atoms with Crippen molar-refractivity contribution in [3.8, 4) is 0 Å². The lowest BCUT2D eigenvalue weighted by Crippen LogP contribution is -2.34. The minimum Gasteiger partial charge on any atom is -0.530 e. The number of carboxylic acid groups (broad SMARTS) is 1. The molecule has 8 heteroatoms. The number of alkyl halides is 3. The number of nitrogens with zero attached hydrogens (tertiary/aromatic N) is 1. The molecule has 0 saturated heterocycles. The van der Waals surface area contributed by atoms with Crippen LogP contribution in [-0.2, 0) is 6.18 Å². The Morgan fingerprint density at radius 1 is 1.47 bits per heavy atom. The number of aromatic nitrogens is 1. The zero-order chi connectivity index (χ0) is 11.6. The van der Waals surface area contributed by atoms with Gasteiger partial charge in [0.05, 0.1) is 0 Å². The number of hydrogen-bond donors (Lipinski definition) is 2. The van der Waals surface area contributed by atoms with Gasteiger partial charge in [-0.3, -0.25) is 5.21 Å². The molecule has 0 aromatic carbocycles. The van der Waals surface area contributed by atoms with Crippen LogP contribution < -0.4 is 15.2 Å². The Bertz CT molecular complexity index is 392. The number of pyridine rings is 1. The average molecular weight is 222 g/mol. The topological polar surface area (TPSA) is 76.3 Å². The second-order valence-corrected chi connectivity index (χ2v) is 2.60. The first-order chi connectivity index (χ1) is 6.79. The third-order valence-corrected chi connectivity index (χ3v) is 1.43. The van der Waals surface area contributed by atoms with Gasteiger partial charge in [0.1, 0.15) is 17.3 Å². The standard InChI is InChI=1S/C7H5F3N2O3/c8-7(9,10)4-1-5(11-6(13)14)3-12(15)2-4/h1-3,11H,(H-,13,14,15). The van der Waals surface area contributed by atoms with E-state index in [1.165, 1.54) is 0 Å². The largest absolute Gasteiger partial charge is 0.530 e. The molecule has 1 heterocycles. The number of carbonyl (C=O) groups excluding carboxylic acids is 1. The summed E-state index contributed by atoms with van der Waals surface area (Å²) in [6, 6.07) is 0.530. The van der Waals surface area contributed by atoms with Gasteiger partial charge in [0, 0.05) is 4.73 Å². The molecule has 1 rings (SSSR count). The zero-order valence-electron chi connectivity index (χ0n) is 7.08. The van der Waals surface area contributed by atoms with E-state index < -0.39 is 23.5 Å². The van der Waals surface area contributed by atoms with E-state index in [4.69, 9.17) is 5.21 Å². The van der Waals surface area contributed by atoms with Crippen molar-refractivity contribution in [3.63, 3.8) is 0 Å². The molecule has 0 bridgehead atoms. The molecule has 1 aromatic heterocycles. The summed E-state index contributed by atoms with van der Waals surface area (Å²) in [5, 5.41) is 20.5. The number of anilines is 1. The third-order valence-electron chi connectivity index (χ3n) is 1.43. The number of amides is 1. The van der Waals surface area contributed by atoms with Crippen LogP contribution in [0.3, 0.4) is 0 Å². The SMILES string of the molecule is O=C([O-])Nc1cc(C(F)(F)F)c[n+](O)c1. The van der Waals surface area contributed by atoms with Crippen LogP contribution in [0.4, 0.5) is 23.7 Å².